The van der Waals surface area contributed by atoms with E-state index in [0.29, 0.717) is 36.4 Å². The molecule has 0 unspecified atom stereocenters. The quantitative estimate of drug-likeness (QED) is 0.584. The first-order chi connectivity index (χ1) is 13.5. The number of ether oxygens (including phenoxy) is 2. The van der Waals surface area contributed by atoms with Gasteiger partial charge in [0.25, 0.3) is 0 Å². The van der Waals surface area contributed by atoms with Crippen molar-refractivity contribution in [3.8, 4) is 0 Å². The molecule has 1 aromatic rings. The minimum absolute atomic E-state index is 0.0919. The highest BCUT2D eigenvalue weighted by Gasteiger charge is 2.37. The van der Waals surface area contributed by atoms with Gasteiger partial charge in [-0.25, -0.2) is 9.59 Å². The molecule has 3 N–H and O–H groups in total. The third kappa shape index (κ3) is 4.36. The van der Waals surface area contributed by atoms with E-state index in [9.17, 15) is 14.4 Å². The van der Waals surface area contributed by atoms with Crippen LogP contribution in [0.4, 0.5) is 4.79 Å². The molecule has 3 heterocycles. The van der Waals surface area contributed by atoms with Crippen LogP contribution in [0, 0.1) is 5.92 Å². The predicted octanol–water partition coefficient (Wildman–Crippen LogP) is -0.0814. The molecule has 0 radical (unpaired) electrons. The van der Waals surface area contributed by atoms with E-state index in [1.807, 2.05) is 0 Å². The third-order valence-electron chi connectivity index (χ3n) is 5.13. The van der Waals surface area contributed by atoms with E-state index in [1.54, 1.807) is 19.1 Å². The second kappa shape index (κ2) is 8.92. The van der Waals surface area contributed by atoms with Gasteiger partial charge in [-0.3, -0.25) is 4.79 Å². The van der Waals surface area contributed by atoms with Gasteiger partial charge < -0.3 is 29.4 Å². The van der Waals surface area contributed by atoms with Gasteiger partial charge in [-0.05, 0) is 19.1 Å². The van der Waals surface area contributed by atoms with E-state index in [4.69, 9.17) is 13.9 Å². The van der Waals surface area contributed by atoms with E-state index in [2.05, 4.69) is 10.6 Å². The molecule has 152 valence electrons. The van der Waals surface area contributed by atoms with Crippen molar-refractivity contribution in [2.24, 2.45) is 5.92 Å². The van der Waals surface area contributed by atoms with Gasteiger partial charge in [-0.2, -0.15) is 0 Å². The van der Waals surface area contributed by atoms with Crippen molar-refractivity contribution < 1.29 is 33.2 Å². The number of quaternary nitrogens is 1. The molecule has 0 aromatic carbocycles. The monoisotopic (exact) mass is 392 g/mol. The summed E-state index contributed by atoms with van der Waals surface area (Å²) in [5, 5.41) is 5.50. The molecule has 1 fully saturated rings. The molecule has 0 saturated carbocycles. The van der Waals surface area contributed by atoms with E-state index >= 15 is 0 Å². The number of likely N-dealkylation sites (tertiary alicyclic amines) is 1. The molecule has 9 nitrogen and oxygen atoms in total. The first kappa shape index (κ1) is 19.9. The molecule has 28 heavy (non-hydrogen) atoms. The number of amides is 2. The number of carbonyl (C=O) groups is 3. The number of esters is 2. The number of carbonyl (C=O) groups excluding carboxylic acids is 3. The zero-order valence-electron chi connectivity index (χ0n) is 16.1. The van der Waals surface area contributed by atoms with Crippen LogP contribution in [0.15, 0.2) is 34.1 Å². The van der Waals surface area contributed by atoms with Gasteiger partial charge in [0.15, 0.2) is 0 Å². The van der Waals surface area contributed by atoms with E-state index < -0.39 is 18.0 Å². The van der Waals surface area contributed by atoms with Crippen molar-refractivity contribution in [3.63, 3.8) is 0 Å². The molecule has 1 saturated heterocycles. The molecular weight excluding hydrogens is 366 g/mol. The minimum atomic E-state index is -0.704. The molecule has 0 spiro atoms. The smallest absolute Gasteiger partial charge is 0.338 e. The summed E-state index contributed by atoms with van der Waals surface area (Å²) in [6.45, 7) is 3.90. The average Bonchev–Trinajstić information content (AvgIpc) is 3.22. The van der Waals surface area contributed by atoms with Crippen molar-refractivity contribution in [1.82, 2.24) is 10.6 Å². The van der Waals surface area contributed by atoms with E-state index in [-0.39, 0.29) is 18.5 Å². The average molecular weight is 392 g/mol. The molecule has 1 aromatic heterocycles. The lowest BCUT2D eigenvalue weighted by Gasteiger charge is -2.32. The molecule has 2 amide bonds. The fourth-order valence-corrected chi connectivity index (χ4v) is 3.73. The summed E-state index contributed by atoms with van der Waals surface area (Å²) in [5.74, 6) is -0.297. The largest absolute Gasteiger partial charge is 0.469 e. The van der Waals surface area contributed by atoms with Gasteiger partial charge in [0.2, 0.25) is 0 Å². The topological polar surface area (TPSA) is 111 Å². The van der Waals surface area contributed by atoms with Gasteiger partial charge in [-0.15, -0.1) is 0 Å². The molecule has 2 aliphatic rings. The Morgan fingerprint density at radius 1 is 1.32 bits per heavy atom. The highest BCUT2D eigenvalue weighted by Crippen LogP contribution is 2.27. The van der Waals surface area contributed by atoms with Gasteiger partial charge in [0.05, 0.1) is 50.3 Å². The second-order valence-corrected chi connectivity index (χ2v) is 6.88. The molecule has 3 rings (SSSR count). The Balaban J connectivity index is 1.82. The lowest BCUT2D eigenvalue weighted by atomic mass is 9.95. The van der Waals surface area contributed by atoms with Crippen molar-refractivity contribution in [1.29, 1.82) is 0 Å². The fourth-order valence-electron chi connectivity index (χ4n) is 3.73. The summed E-state index contributed by atoms with van der Waals surface area (Å²) in [4.78, 5) is 37.8. The number of furan rings is 1. The van der Waals surface area contributed by atoms with Crippen LogP contribution in [0.5, 0.6) is 0 Å². The van der Waals surface area contributed by atoms with Gasteiger partial charge in [-0.1, -0.05) is 0 Å². The van der Waals surface area contributed by atoms with Gasteiger partial charge in [0, 0.05) is 12.8 Å². The summed E-state index contributed by atoms with van der Waals surface area (Å²) in [5.41, 5.74) is 0.870. The van der Waals surface area contributed by atoms with Crippen LogP contribution in [0.3, 0.4) is 0 Å². The standard InChI is InChI=1S/C19H25N3O6/c1-3-27-18(24)15-13(11-22-8-6-12(7-9-22)17(23)26-2)20-19(25)21-16(15)14-5-4-10-28-14/h4-5,10,12,16H,3,6-9,11H2,1-2H3,(H2,20,21,25)/p+1/t16-/m1/s1. The summed E-state index contributed by atoms with van der Waals surface area (Å²) >= 11 is 0. The Bertz CT molecular complexity index is 750. The van der Waals surface area contributed by atoms with Gasteiger partial charge >= 0.3 is 18.0 Å². The summed E-state index contributed by atoms with van der Waals surface area (Å²) in [6.07, 6.45) is 2.91. The summed E-state index contributed by atoms with van der Waals surface area (Å²) in [7, 11) is 1.40. The first-order valence-electron chi connectivity index (χ1n) is 9.46. The second-order valence-electron chi connectivity index (χ2n) is 6.88. The number of nitrogens with one attached hydrogen (secondary N) is 3. The van der Waals surface area contributed by atoms with Crippen LogP contribution in [-0.4, -0.2) is 51.3 Å². The number of rotatable bonds is 6. The van der Waals surface area contributed by atoms with Crippen LogP contribution < -0.4 is 15.5 Å². The van der Waals surface area contributed by atoms with Crippen LogP contribution in [0.25, 0.3) is 0 Å². The van der Waals surface area contributed by atoms with Crippen molar-refractivity contribution in [2.45, 2.75) is 25.8 Å². The summed E-state index contributed by atoms with van der Waals surface area (Å²) in [6, 6.07) is 2.31. The number of methoxy groups -OCH3 is 1. The third-order valence-corrected chi connectivity index (χ3v) is 5.13. The molecular formula is C19H26N3O6+. The highest BCUT2D eigenvalue weighted by molar-refractivity contribution is 5.95. The summed E-state index contributed by atoms with van der Waals surface area (Å²) < 4.78 is 15.5. The lowest BCUT2D eigenvalue weighted by molar-refractivity contribution is -0.901. The SMILES string of the molecule is CCOC(=O)C1=C(C[NH+]2CCC(C(=O)OC)CC2)NC(=O)N[C@@H]1c1ccco1. The van der Waals surface area contributed by atoms with Crippen molar-refractivity contribution in [2.75, 3.05) is 33.4 Å². The molecule has 0 bridgehead atoms. The maximum atomic E-state index is 12.7. The first-order valence-corrected chi connectivity index (χ1v) is 9.46. The maximum Gasteiger partial charge on any atom is 0.338 e. The Hall–Kier alpha value is -2.81. The van der Waals surface area contributed by atoms with Gasteiger partial charge in [0.1, 0.15) is 18.3 Å². The van der Waals surface area contributed by atoms with Crippen molar-refractivity contribution in [3.05, 3.63) is 35.4 Å². The number of hydrogen-bond donors (Lipinski definition) is 3. The predicted molar refractivity (Wildman–Crippen MR) is 97.1 cm³/mol. The van der Waals surface area contributed by atoms with Crippen LogP contribution in [0.1, 0.15) is 31.6 Å². The number of hydrogen-bond acceptors (Lipinski definition) is 6. The normalized spacial score (nSPS) is 24.9. The molecule has 1 atom stereocenters. The molecule has 0 aliphatic carbocycles. The van der Waals surface area contributed by atoms with Crippen LogP contribution >= 0.6 is 0 Å². The Morgan fingerprint density at radius 3 is 2.68 bits per heavy atom. The van der Waals surface area contributed by atoms with Crippen LogP contribution in [-0.2, 0) is 19.1 Å². The van der Waals surface area contributed by atoms with Crippen molar-refractivity contribution >= 4 is 18.0 Å². The van der Waals surface area contributed by atoms with E-state index in [0.717, 1.165) is 13.1 Å². The lowest BCUT2D eigenvalue weighted by Crippen LogP contribution is -3.13. The molecule has 9 heteroatoms. The fraction of sp³-hybridized carbons (Fsp3) is 0.526. The minimum Gasteiger partial charge on any atom is -0.469 e. The van der Waals surface area contributed by atoms with E-state index in [1.165, 1.54) is 18.3 Å². The zero-order chi connectivity index (χ0) is 20.1. The maximum absolute atomic E-state index is 12.7. The number of piperidine rings is 1. The molecule has 2 aliphatic heterocycles. The zero-order valence-corrected chi connectivity index (χ0v) is 16.1. The highest BCUT2D eigenvalue weighted by atomic mass is 16.5. The Morgan fingerprint density at radius 2 is 2.07 bits per heavy atom. The Kier molecular flexibility index (Phi) is 6.35. The number of urea groups is 1. The Labute approximate surface area is 163 Å². The van der Waals surface area contributed by atoms with Crippen LogP contribution in [0.2, 0.25) is 0 Å².